The highest BCUT2D eigenvalue weighted by Gasteiger charge is 2.06. The van der Waals surface area contributed by atoms with E-state index in [-0.39, 0.29) is 5.97 Å². The molecule has 5 heteroatoms. The van der Waals surface area contributed by atoms with Crippen LogP contribution < -0.4 is 9.47 Å². The molecular weight excluding hydrogens is 400 g/mol. The van der Waals surface area contributed by atoms with E-state index in [1.807, 2.05) is 0 Å². The molecule has 1 aromatic carbocycles. The largest absolute Gasteiger partial charge is 0.494 e. The van der Waals surface area contributed by atoms with E-state index in [0.29, 0.717) is 12.2 Å². The molecule has 0 unspecified atom stereocenters. The second-order valence-corrected chi connectivity index (χ2v) is 8.38. The van der Waals surface area contributed by atoms with E-state index in [1.165, 1.54) is 31.2 Å². The summed E-state index contributed by atoms with van der Waals surface area (Å²) in [4.78, 5) is 20.4. The summed E-state index contributed by atoms with van der Waals surface area (Å²) in [6.07, 6.45) is 16.9. The number of carbonyl (C=O) groups is 1. The Bertz CT molecular complexity index is 745. The van der Waals surface area contributed by atoms with Gasteiger partial charge in [-0.15, -0.1) is 0 Å². The summed E-state index contributed by atoms with van der Waals surface area (Å²) in [6.45, 7) is 5.15. The number of hydrogen-bond acceptors (Lipinski definition) is 5. The Labute approximate surface area is 194 Å². The van der Waals surface area contributed by atoms with Crippen molar-refractivity contribution in [2.45, 2.75) is 97.3 Å². The van der Waals surface area contributed by atoms with Gasteiger partial charge in [-0.1, -0.05) is 64.5 Å². The maximum absolute atomic E-state index is 11.8. The van der Waals surface area contributed by atoms with E-state index in [2.05, 4.69) is 48.1 Å². The topological polar surface area (TPSA) is 61.3 Å². The first kappa shape index (κ1) is 25.8. The molecule has 1 aromatic heterocycles. The smallest absolute Gasteiger partial charge is 0.311 e. The van der Waals surface area contributed by atoms with Crippen LogP contribution in [0.15, 0.2) is 36.7 Å². The van der Waals surface area contributed by atoms with Crippen LogP contribution in [0, 0.1) is 0 Å². The van der Waals surface area contributed by atoms with E-state index in [4.69, 9.17) is 9.47 Å². The maximum atomic E-state index is 11.8. The molecule has 0 N–H and O–H groups in total. The highest BCUT2D eigenvalue weighted by molar-refractivity contribution is 5.72. The fraction of sp³-hybridized carbons (Fsp3) is 0.593. The van der Waals surface area contributed by atoms with Gasteiger partial charge in [0.05, 0.1) is 19.0 Å². The van der Waals surface area contributed by atoms with Gasteiger partial charge in [-0.25, -0.2) is 9.97 Å². The monoisotopic (exact) mass is 440 g/mol. The number of aromatic nitrogens is 2. The normalized spacial score (nSPS) is 10.8. The SMILES string of the molecule is CCCCCCCOc1ccc(CCCCc2ncc(OC(=O)CCCCC)cn2)cc1. The van der Waals surface area contributed by atoms with Crippen LogP contribution in [0.1, 0.15) is 95.9 Å². The molecule has 0 spiro atoms. The van der Waals surface area contributed by atoms with Crippen LogP contribution in [0.4, 0.5) is 0 Å². The standard InChI is InChI=1S/C27H40N2O3/c1-3-5-7-8-12-20-31-24-18-16-23(17-19-24)13-10-11-14-26-28-21-25(22-29-26)32-27(30)15-9-6-4-2/h16-19,21-22H,3-15,20H2,1-2H3. The summed E-state index contributed by atoms with van der Waals surface area (Å²) in [7, 11) is 0. The lowest BCUT2D eigenvalue weighted by atomic mass is 10.1. The van der Waals surface area contributed by atoms with Crippen molar-refractivity contribution in [3.63, 3.8) is 0 Å². The van der Waals surface area contributed by atoms with Crippen molar-refractivity contribution in [2.75, 3.05) is 6.61 Å². The Hall–Kier alpha value is -2.43. The molecule has 0 atom stereocenters. The van der Waals surface area contributed by atoms with Crippen LogP contribution in [0.2, 0.25) is 0 Å². The predicted octanol–water partition coefficient (Wildman–Crippen LogP) is 6.88. The lowest BCUT2D eigenvalue weighted by Crippen LogP contribution is -2.08. The molecule has 2 aromatic rings. The van der Waals surface area contributed by atoms with Crippen molar-refractivity contribution in [3.8, 4) is 11.5 Å². The summed E-state index contributed by atoms with van der Waals surface area (Å²) in [5.74, 6) is 1.97. The van der Waals surface area contributed by atoms with Crippen molar-refractivity contribution in [1.82, 2.24) is 9.97 Å². The molecule has 1 heterocycles. The molecular formula is C27H40N2O3. The van der Waals surface area contributed by atoms with Crippen LogP contribution in [-0.4, -0.2) is 22.5 Å². The lowest BCUT2D eigenvalue weighted by molar-refractivity contribution is -0.134. The Morgan fingerprint density at radius 1 is 0.750 bits per heavy atom. The van der Waals surface area contributed by atoms with Gasteiger partial charge in [0.1, 0.15) is 11.6 Å². The summed E-state index contributed by atoms with van der Waals surface area (Å²) < 4.78 is 11.1. The van der Waals surface area contributed by atoms with Gasteiger partial charge < -0.3 is 9.47 Å². The zero-order chi connectivity index (χ0) is 22.9. The highest BCUT2D eigenvalue weighted by Crippen LogP contribution is 2.16. The number of esters is 1. The average molecular weight is 441 g/mol. The number of unbranched alkanes of at least 4 members (excludes halogenated alkanes) is 7. The van der Waals surface area contributed by atoms with Crippen LogP contribution in [-0.2, 0) is 17.6 Å². The minimum Gasteiger partial charge on any atom is -0.494 e. The first-order valence-corrected chi connectivity index (χ1v) is 12.4. The molecule has 0 aliphatic rings. The van der Waals surface area contributed by atoms with Crippen molar-refractivity contribution in [1.29, 1.82) is 0 Å². The zero-order valence-corrected chi connectivity index (χ0v) is 20.0. The van der Waals surface area contributed by atoms with Crippen molar-refractivity contribution in [3.05, 3.63) is 48.0 Å². The number of nitrogens with zero attached hydrogens (tertiary/aromatic N) is 2. The van der Waals surface area contributed by atoms with E-state index in [0.717, 1.165) is 69.5 Å². The van der Waals surface area contributed by atoms with Crippen LogP contribution in [0.3, 0.4) is 0 Å². The number of benzene rings is 1. The molecule has 0 bridgehead atoms. The summed E-state index contributed by atoms with van der Waals surface area (Å²) in [5, 5.41) is 0. The summed E-state index contributed by atoms with van der Waals surface area (Å²) in [6, 6.07) is 8.47. The number of ether oxygens (including phenoxy) is 2. The van der Waals surface area contributed by atoms with Crippen molar-refractivity contribution >= 4 is 5.97 Å². The third kappa shape index (κ3) is 11.3. The molecule has 176 valence electrons. The third-order valence-electron chi connectivity index (χ3n) is 5.45. The Kier molecular flexibility index (Phi) is 13.1. The minimum atomic E-state index is -0.210. The zero-order valence-electron chi connectivity index (χ0n) is 20.0. The van der Waals surface area contributed by atoms with Gasteiger partial charge in [0, 0.05) is 12.8 Å². The molecule has 0 saturated carbocycles. The number of rotatable bonds is 17. The molecule has 0 aliphatic carbocycles. The molecule has 0 aliphatic heterocycles. The van der Waals surface area contributed by atoms with E-state index < -0.39 is 0 Å². The summed E-state index contributed by atoms with van der Waals surface area (Å²) >= 11 is 0. The van der Waals surface area contributed by atoms with Gasteiger partial charge in [-0.2, -0.15) is 0 Å². The minimum absolute atomic E-state index is 0.210. The van der Waals surface area contributed by atoms with Crippen LogP contribution >= 0.6 is 0 Å². The molecule has 32 heavy (non-hydrogen) atoms. The van der Waals surface area contributed by atoms with Gasteiger partial charge in [0.25, 0.3) is 0 Å². The van der Waals surface area contributed by atoms with Gasteiger partial charge in [-0.3, -0.25) is 4.79 Å². The van der Waals surface area contributed by atoms with Gasteiger partial charge in [0.15, 0.2) is 5.75 Å². The second kappa shape index (κ2) is 16.2. The van der Waals surface area contributed by atoms with Gasteiger partial charge in [0.2, 0.25) is 0 Å². The first-order chi connectivity index (χ1) is 15.7. The summed E-state index contributed by atoms with van der Waals surface area (Å²) in [5.41, 5.74) is 1.33. The number of hydrogen-bond donors (Lipinski definition) is 0. The quantitative estimate of drug-likeness (QED) is 0.198. The molecule has 0 amide bonds. The van der Waals surface area contributed by atoms with E-state index >= 15 is 0 Å². The number of aryl methyl sites for hydroxylation is 2. The molecule has 5 nitrogen and oxygen atoms in total. The van der Waals surface area contributed by atoms with Gasteiger partial charge >= 0.3 is 5.97 Å². The Balaban J connectivity index is 1.59. The first-order valence-electron chi connectivity index (χ1n) is 12.4. The molecule has 2 rings (SSSR count). The van der Waals surface area contributed by atoms with Crippen molar-refractivity contribution in [2.24, 2.45) is 0 Å². The second-order valence-electron chi connectivity index (χ2n) is 8.38. The van der Waals surface area contributed by atoms with Gasteiger partial charge in [-0.05, 0) is 49.8 Å². The number of carbonyl (C=O) groups excluding carboxylic acids is 1. The Morgan fingerprint density at radius 3 is 2.12 bits per heavy atom. The van der Waals surface area contributed by atoms with Crippen LogP contribution in [0.5, 0.6) is 11.5 Å². The maximum Gasteiger partial charge on any atom is 0.311 e. The fourth-order valence-electron chi connectivity index (χ4n) is 3.49. The fourth-order valence-corrected chi connectivity index (χ4v) is 3.49. The highest BCUT2D eigenvalue weighted by atomic mass is 16.5. The van der Waals surface area contributed by atoms with Crippen LogP contribution in [0.25, 0.3) is 0 Å². The third-order valence-corrected chi connectivity index (χ3v) is 5.45. The molecule has 0 saturated heterocycles. The Morgan fingerprint density at radius 2 is 1.41 bits per heavy atom. The van der Waals surface area contributed by atoms with E-state index in [1.54, 1.807) is 12.4 Å². The molecule has 0 fully saturated rings. The molecule has 0 radical (unpaired) electrons. The average Bonchev–Trinajstić information content (AvgIpc) is 2.81. The predicted molar refractivity (Wildman–Crippen MR) is 129 cm³/mol. The van der Waals surface area contributed by atoms with E-state index in [9.17, 15) is 4.79 Å². The van der Waals surface area contributed by atoms with Crippen molar-refractivity contribution < 1.29 is 14.3 Å². The lowest BCUT2D eigenvalue weighted by Gasteiger charge is -2.07.